The smallest absolute Gasteiger partial charge is 0.321 e. The van der Waals surface area contributed by atoms with Crippen molar-refractivity contribution < 1.29 is 28.7 Å². The maximum atomic E-state index is 14.4. The van der Waals surface area contributed by atoms with E-state index in [1.54, 1.807) is 6.08 Å². The number of aldehydes is 1. The molecule has 0 aromatic carbocycles. The number of ketones is 1. The Morgan fingerprint density at radius 3 is 2.12 bits per heavy atom. The summed E-state index contributed by atoms with van der Waals surface area (Å²) in [6, 6.07) is 5.66. The Balaban J connectivity index is 1.26. The Morgan fingerprint density at radius 1 is 0.831 bits per heavy atom. The topological polar surface area (TPSA) is 144 Å². The zero-order chi connectivity index (χ0) is 47.1. The van der Waals surface area contributed by atoms with Crippen molar-refractivity contribution in [3.05, 3.63) is 87.0 Å². The summed E-state index contributed by atoms with van der Waals surface area (Å²) in [5.41, 5.74) is 12.0. The number of hydrogen-bond acceptors (Lipinski definition) is 8. The Labute approximate surface area is 385 Å². The van der Waals surface area contributed by atoms with Crippen molar-refractivity contribution in [3.8, 4) is 0 Å². The number of Topliss-reactive ketones (excluding diaryl/α,β-unsaturated/α-hetero) is 1. The molecule has 3 aromatic rings. The van der Waals surface area contributed by atoms with Gasteiger partial charge in [-0.1, -0.05) is 97.8 Å². The van der Waals surface area contributed by atoms with Crippen LogP contribution in [0, 0.1) is 31.6 Å². The van der Waals surface area contributed by atoms with E-state index in [9.17, 15) is 19.2 Å². The van der Waals surface area contributed by atoms with Gasteiger partial charge in [-0.25, -0.2) is 9.97 Å². The summed E-state index contributed by atoms with van der Waals surface area (Å²) in [6.07, 6.45) is 16.7. The normalized spacial score (nSPS) is 15.8. The van der Waals surface area contributed by atoms with Gasteiger partial charge in [0.2, 0.25) is 0 Å². The van der Waals surface area contributed by atoms with Crippen molar-refractivity contribution in [2.45, 2.75) is 145 Å². The highest BCUT2D eigenvalue weighted by molar-refractivity contribution is 6.24. The molecule has 10 nitrogen and oxygen atoms in total. The van der Waals surface area contributed by atoms with Gasteiger partial charge in [0.15, 0.2) is 12.1 Å². The number of carbonyl (C=O) groups excluding carboxylic acids is 4. The van der Waals surface area contributed by atoms with Crippen LogP contribution in [-0.4, -0.2) is 57.7 Å². The second-order valence-corrected chi connectivity index (χ2v) is 19.1. The second kappa shape index (κ2) is 21.6. The number of hydrogen-bond donors (Lipinski definition) is 2. The van der Waals surface area contributed by atoms with Crippen LogP contribution in [0.1, 0.15) is 187 Å². The number of ether oxygens (including phenoxy) is 2. The van der Waals surface area contributed by atoms with E-state index in [-0.39, 0.29) is 25.4 Å². The minimum Gasteiger partial charge on any atom is -0.468 e. The molecule has 0 saturated heterocycles. The summed E-state index contributed by atoms with van der Waals surface area (Å²) in [5, 5.41) is 0. The molecular formula is C55H70N4O6. The number of carbonyl (C=O) groups is 4. The first-order chi connectivity index (χ1) is 31.1. The average molecular weight is 883 g/mol. The molecule has 10 heteroatoms. The van der Waals surface area contributed by atoms with Crippen LogP contribution in [0.4, 0.5) is 0 Å². The van der Waals surface area contributed by atoms with Crippen molar-refractivity contribution in [2.24, 2.45) is 17.8 Å². The molecule has 5 heterocycles. The van der Waals surface area contributed by atoms with Crippen molar-refractivity contribution in [1.82, 2.24) is 19.9 Å². The van der Waals surface area contributed by atoms with Gasteiger partial charge in [-0.05, 0) is 123 Å². The van der Waals surface area contributed by atoms with Crippen LogP contribution in [0.2, 0.25) is 0 Å². The van der Waals surface area contributed by atoms with Crippen LogP contribution in [0.5, 0.6) is 0 Å². The van der Waals surface area contributed by atoms with Crippen LogP contribution in [0.3, 0.4) is 0 Å². The Kier molecular flexibility index (Phi) is 16.2. The van der Waals surface area contributed by atoms with Gasteiger partial charge in [-0.2, -0.15) is 0 Å². The number of esters is 2. The number of aromatic amines is 2. The van der Waals surface area contributed by atoms with Gasteiger partial charge in [0.05, 0.1) is 35.4 Å². The van der Waals surface area contributed by atoms with Gasteiger partial charge in [-0.3, -0.25) is 19.2 Å². The van der Waals surface area contributed by atoms with Crippen molar-refractivity contribution >= 4 is 74.4 Å². The van der Waals surface area contributed by atoms with Crippen LogP contribution in [0.15, 0.2) is 36.4 Å². The lowest BCUT2D eigenvalue weighted by atomic mass is 9.91. The summed E-state index contributed by atoms with van der Waals surface area (Å²) >= 11 is 0. The highest BCUT2D eigenvalue weighted by atomic mass is 16.5. The van der Waals surface area contributed by atoms with E-state index in [0.717, 1.165) is 69.8 Å². The van der Waals surface area contributed by atoms with E-state index in [4.69, 9.17) is 19.4 Å². The fourth-order valence-corrected chi connectivity index (χ4v) is 9.81. The molecule has 0 saturated carbocycles. The molecule has 8 bridgehead atoms. The molecule has 3 aliphatic rings. The van der Waals surface area contributed by atoms with E-state index in [2.05, 4.69) is 51.2 Å². The van der Waals surface area contributed by atoms with Crippen LogP contribution >= 0.6 is 0 Å². The standard InChI is InChI=1S/C55H70N4O6/c1-12-38-35(8)42-27-43-36(9)40(23-24-48(61)65-26-25-34(7)22-16-21-33(6)20-15-19-32(5)18-14-17-31(3)4)52(58-43)50-51(55(63)64-11)54(62)49-37(10)44(59-53(49)50)28-46-39(13-2)41(30-60)47(57-46)29-45(38)56-42/h12,25,27-33,51,56,59H,1,13-24,26H2,2-11H3/b34-25+,42-27?,43-27?,44-28?,45-29?,46-28?,47-29?,52-50?. The maximum absolute atomic E-state index is 14.4. The van der Waals surface area contributed by atoms with Gasteiger partial charge in [0, 0.05) is 45.2 Å². The molecule has 3 aromatic heterocycles. The summed E-state index contributed by atoms with van der Waals surface area (Å²) in [6.45, 7) is 23.5. The molecule has 3 unspecified atom stereocenters. The first-order valence-electron chi connectivity index (χ1n) is 23.9. The van der Waals surface area contributed by atoms with Crippen LogP contribution in [-0.2, 0) is 23.9 Å². The molecule has 65 heavy (non-hydrogen) atoms. The number of H-pyrrole nitrogens is 2. The highest BCUT2D eigenvalue weighted by Crippen LogP contribution is 2.45. The van der Waals surface area contributed by atoms with E-state index in [1.165, 1.54) is 57.6 Å². The van der Waals surface area contributed by atoms with Crippen molar-refractivity contribution in [1.29, 1.82) is 0 Å². The molecule has 0 amide bonds. The van der Waals surface area contributed by atoms with Gasteiger partial charge >= 0.3 is 11.9 Å². The van der Waals surface area contributed by atoms with E-state index in [0.29, 0.717) is 68.4 Å². The molecule has 3 atom stereocenters. The van der Waals surface area contributed by atoms with E-state index < -0.39 is 17.7 Å². The fourth-order valence-electron chi connectivity index (χ4n) is 9.81. The molecular weight excluding hydrogens is 813 g/mol. The molecule has 346 valence electrons. The minimum absolute atomic E-state index is 0.0738. The van der Waals surface area contributed by atoms with Crippen LogP contribution in [0.25, 0.3) is 50.4 Å². The summed E-state index contributed by atoms with van der Waals surface area (Å²) in [5.74, 6) is -0.392. The van der Waals surface area contributed by atoms with Crippen molar-refractivity contribution in [3.63, 3.8) is 0 Å². The molecule has 0 fully saturated rings. The molecule has 0 spiro atoms. The quantitative estimate of drug-likeness (QED) is 0.0466. The number of aryl methyl sites for hydroxylation is 2. The number of nitrogens with one attached hydrogen (secondary N) is 2. The first-order valence-corrected chi connectivity index (χ1v) is 23.9. The number of nitrogens with zero attached hydrogens (tertiary/aromatic N) is 2. The Bertz CT molecular complexity index is 2620. The number of allylic oxidation sites excluding steroid dienone is 5. The second-order valence-electron chi connectivity index (χ2n) is 19.1. The van der Waals surface area contributed by atoms with Crippen molar-refractivity contribution in [2.75, 3.05) is 13.7 Å². The van der Waals surface area contributed by atoms with Gasteiger partial charge < -0.3 is 19.4 Å². The lowest BCUT2D eigenvalue weighted by molar-refractivity contribution is -0.142. The Hall–Kier alpha value is -5.64. The zero-order valence-corrected chi connectivity index (χ0v) is 40.5. The SMILES string of the molecule is C=Cc1c(C)c2cc3nc(c4c5[nH]c(cc6nc(cc1[nH]2)C(C=O)=C6CC)c(C)c5C(=O)C4C(=O)OC)C(CCC(=O)OC/C=C(\C)CCCC(C)CCCC(C)CCCC(C)C)=C3C. The molecule has 6 rings (SSSR count). The third-order valence-corrected chi connectivity index (χ3v) is 13.8. The highest BCUT2D eigenvalue weighted by Gasteiger charge is 2.43. The average Bonchev–Trinajstić information content (AvgIpc) is 4.02. The third kappa shape index (κ3) is 10.7. The minimum atomic E-state index is -1.26. The first kappa shape index (κ1) is 48.8. The van der Waals surface area contributed by atoms with Gasteiger partial charge in [0.25, 0.3) is 0 Å². The van der Waals surface area contributed by atoms with E-state index >= 15 is 0 Å². The number of aromatic nitrogens is 4. The molecule has 2 aliphatic heterocycles. The predicted octanol–water partition coefficient (Wildman–Crippen LogP) is 13.2. The lowest BCUT2D eigenvalue weighted by Crippen LogP contribution is -2.20. The lowest BCUT2D eigenvalue weighted by Gasteiger charge is -2.15. The van der Waals surface area contributed by atoms with Crippen LogP contribution < -0.4 is 0 Å². The number of fused-ring (bicyclic) bond motifs is 8. The van der Waals surface area contributed by atoms with E-state index in [1.807, 2.05) is 52.0 Å². The fraction of sp³-hybridized carbons (Fsp3) is 0.491. The van der Waals surface area contributed by atoms with Gasteiger partial charge in [-0.15, -0.1) is 0 Å². The largest absolute Gasteiger partial charge is 0.468 e. The summed E-state index contributed by atoms with van der Waals surface area (Å²) < 4.78 is 11.0. The van der Waals surface area contributed by atoms with Gasteiger partial charge in [0.1, 0.15) is 12.5 Å². The Morgan fingerprint density at radius 2 is 1.48 bits per heavy atom. The molecule has 1 aliphatic carbocycles. The predicted molar refractivity (Wildman–Crippen MR) is 264 cm³/mol. The monoisotopic (exact) mass is 883 g/mol. The number of methoxy groups -OCH3 is 1. The summed E-state index contributed by atoms with van der Waals surface area (Å²) in [7, 11) is 1.27. The zero-order valence-electron chi connectivity index (χ0n) is 40.5. The number of rotatable bonds is 21. The molecule has 0 radical (unpaired) electrons. The summed E-state index contributed by atoms with van der Waals surface area (Å²) in [4.78, 5) is 71.0. The third-order valence-electron chi connectivity index (χ3n) is 13.8. The molecule has 2 N–H and O–H groups in total. The maximum Gasteiger partial charge on any atom is 0.321 e.